The van der Waals surface area contributed by atoms with Crippen LogP contribution in [0.5, 0.6) is 0 Å². The molecular weight excluding hydrogens is 260 g/mol. The lowest BCUT2D eigenvalue weighted by Gasteiger charge is -2.10. The number of anilines is 1. The molecule has 2 aromatic rings. The number of hydrogen-bond acceptors (Lipinski definition) is 2. The highest BCUT2D eigenvalue weighted by Crippen LogP contribution is 2.15. The van der Waals surface area contributed by atoms with E-state index in [0.717, 1.165) is 24.2 Å². The Morgan fingerprint density at radius 3 is 2.48 bits per heavy atom. The largest absolute Gasteiger partial charge is 0.326 e. The standard InChI is InChI=1S/C18H22N2O/c1-14-7-9-15(10-8-14)11-12-18(21)20-17-6-4-3-5-16(17)13-19-2/h3-10,19H,11-13H2,1-2H3,(H,20,21). The fourth-order valence-electron chi connectivity index (χ4n) is 2.21. The molecule has 110 valence electrons. The Balaban J connectivity index is 1.91. The van der Waals surface area contributed by atoms with Crippen LogP contribution in [0.3, 0.4) is 0 Å². The second-order valence-corrected chi connectivity index (χ2v) is 5.22. The van der Waals surface area contributed by atoms with Gasteiger partial charge in [-0.2, -0.15) is 0 Å². The van der Waals surface area contributed by atoms with Crippen molar-refractivity contribution in [2.24, 2.45) is 0 Å². The van der Waals surface area contributed by atoms with Gasteiger partial charge in [0.1, 0.15) is 0 Å². The molecule has 1 amide bonds. The van der Waals surface area contributed by atoms with Gasteiger partial charge in [-0.1, -0.05) is 48.0 Å². The number of aryl methyl sites for hydroxylation is 2. The van der Waals surface area contributed by atoms with Crippen LogP contribution in [0.1, 0.15) is 23.1 Å². The van der Waals surface area contributed by atoms with E-state index in [-0.39, 0.29) is 5.91 Å². The van der Waals surface area contributed by atoms with Gasteiger partial charge in [-0.25, -0.2) is 0 Å². The van der Waals surface area contributed by atoms with Crippen LogP contribution in [0.2, 0.25) is 0 Å². The first-order valence-electron chi connectivity index (χ1n) is 7.27. The molecule has 0 saturated carbocycles. The summed E-state index contributed by atoms with van der Waals surface area (Å²) in [5.74, 6) is 0.0547. The molecule has 3 heteroatoms. The molecule has 3 nitrogen and oxygen atoms in total. The maximum atomic E-state index is 12.1. The number of carbonyl (C=O) groups is 1. The van der Waals surface area contributed by atoms with Crippen LogP contribution in [0.15, 0.2) is 48.5 Å². The van der Waals surface area contributed by atoms with Crippen molar-refractivity contribution in [3.63, 3.8) is 0 Å². The van der Waals surface area contributed by atoms with E-state index in [1.165, 1.54) is 11.1 Å². The number of nitrogens with one attached hydrogen (secondary N) is 2. The predicted molar refractivity (Wildman–Crippen MR) is 87.3 cm³/mol. The van der Waals surface area contributed by atoms with Crippen molar-refractivity contribution >= 4 is 11.6 Å². The molecule has 0 saturated heterocycles. The van der Waals surface area contributed by atoms with E-state index in [1.54, 1.807) is 0 Å². The predicted octanol–water partition coefficient (Wildman–Crippen LogP) is 3.29. The van der Waals surface area contributed by atoms with Crippen molar-refractivity contribution in [3.8, 4) is 0 Å². The SMILES string of the molecule is CNCc1ccccc1NC(=O)CCc1ccc(C)cc1. The topological polar surface area (TPSA) is 41.1 Å². The first-order valence-corrected chi connectivity index (χ1v) is 7.27. The maximum Gasteiger partial charge on any atom is 0.224 e. The van der Waals surface area contributed by atoms with Gasteiger partial charge < -0.3 is 10.6 Å². The molecule has 0 bridgehead atoms. The highest BCUT2D eigenvalue weighted by atomic mass is 16.1. The third kappa shape index (κ3) is 4.72. The molecule has 0 aliphatic carbocycles. The molecule has 21 heavy (non-hydrogen) atoms. The van der Waals surface area contributed by atoms with Crippen LogP contribution >= 0.6 is 0 Å². The van der Waals surface area contributed by atoms with E-state index in [9.17, 15) is 4.79 Å². The van der Waals surface area contributed by atoms with E-state index in [2.05, 4.69) is 41.8 Å². The smallest absolute Gasteiger partial charge is 0.224 e. The second-order valence-electron chi connectivity index (χ2n) is 5.22. The second kappa shape index (κ2) is 7.60. The molecule has 0 aromatic heterocycles. The summed E-state index contributed by atoms with van der Waals surface area (Å²) in [6.07, 6.45) is 1.26. The summed E-state index contributed by atoms with van der Waals surface area (Å²) in [5, 5.41) is 6.11. The highest BCUT2D eigenvalue weighted by molar-refractivity contribution is 5.91. The molecule has 2 N–H and O–H groups in total. The molecule has 0 aliphatic heterocycles. The molecule has 0 fully saturated rings. The van der Waals surface area contributed by atoms with Crippen molar-refractivity contribution in [1.29, 1.82) is 0 Å². The Morgan fingerprint density at radius 1 is 1.05 bits per heavy atom. The summed E-state index contributed by atoms with van der Waals surface area (Å²) in [6.45, 7) is 2.81. The van der Waals surface area contributed by atoms with E-state index in [1.807, 2.05) is 31.3 Å². The number of para-hydroxylation sites is 1. The molecule has 0 radical (unpaired) electrons. The number of amides is 1. The van der Waals surface area contributed by atoms with Gasteiger partial charge in [0.15, 0.2) is 0 Å². The molecular formula is C18H22N2O. The van der Waals surface area contributed by atoms with Gasteiger partial charge in [0.2, 0.25) is 5.91 Å². The average Bonchev–Trinajstić information content (AvgIpc) is 2.49. The van der Waals surface area contributed by atoms with E-state index in [4.69, 9.17) is 0 Å². The van der Waals surface area contributed by atoms with Gasteiger partial charge in [-0.15, -0.1) is 0 Å². The minimum absolute atomic E-state index is 0.0547. The third-order valence-corrected chi connectivity index (χ3v) is 3.42. The minimum atomic E-state index is 0.0547. The van der Waals surface area contributed by atoms with Crippen LogP contribution in [0.25, 0.3) is 0 Å². The van der Waals surface area contributed by atoms with Gasteiger partial charge in [-0.05, 0) is 37.6 Å². The Kier molecular flexibility index (Phi) is 5.52. The van der Waals surface area contributed by atoms with Gasteiger partial charge in [-0.3, -0.25) is 4.79 Å². The van der Waals surface area contributed by atoms with E-state index >= 15 is 0 Å². The minimum Gasteiger partial charge on any atom is -0.326 e. The summed E-state index contributed by atoms with van der Waals surface area (Å²) in [4.78, 5) is 12.1. The van der Waals surface area contributed by atoms with Crippen LogP contribution in [0.4, 0.5) is 5.69 Å². The Hall–Kier alpha value is -2.13. The first-order chi connectivity index (χ1) is 10.2. The number of hydrogen-bond donors (Lipinski definition) is 2. The number of carbonyl (C=O) groups excluding carboxylic acids is 1. The van der Waals surface area contributed by atoms with E-state index < -0.39 is 0 Å². The van der Waals surface area contributed by atoms with Gasteiger partial charge in [0.05, 0.1) is 0 Å². The number of benzene rings is 2. The number of rotatable bonds is 6. The van der Waals surface area contributed by atoms with Crippen LogP contribution in [-0.2, 0) is 17.8 Å². The average molecular weight is 282 g/mol. The van der Waals surface area contributed by atoms with Crippen molar-refractivity contribution in [1.82, 2.24) is 5.32 Å². The molecule has 0 atom stereocenters. The van der Waals surface area contributed by atoms with E-state index in [0.29, 0.717) is 6.42 Å². The van der Waals surface area contributed by atoms with Gasteiger partial charge >= 0.3 is 0 Å². The lowest BCUT2D eigenvalue weighted by Crippen LogP contribution is -2.15. The Morgan fingerprint density at radius 2 is 1.76 bits per heavy atom. The lowest BCUT2D eigenvalue weighted by atomic mass is 10.1. The molecule has 0 spiro atoms. The highest BCUT2D eigenvalue weighted by Gasteiger charge is 2.06. The molecule has 0 heterocycles. The lowest BCUT2D eigenvalue weighted by molar-refractivity contribution is -0.116. The Bertz CT molecular complexity index is 590. The molecule has 0 aliphatic rings. The summed E-state index contributed by atoms with van der Waals surface area (Å²) in [7, 11) is 1.90. The summed E-state index contributed by atoms with van der Waals surface area (Å²) in [6, 6.07) is 16.2. The van der Waals surface area contributed by atoms with Gasteiger partial charge in [0.25, 0.3) is 0 Å². The monoisotopic (exact) mass is 282 g/mol. The van der Waals surface area contributed by atoms with Crippen molar-refractivity contribution < 1.29 is 4.79 Å². The normalized spacial score (nSPS) is 10.4. The zero-order valence-electron chi connectivity index (χ0n) is 12.6. The van der Waals surface area contributed by atoms with Crippen LogP contribution in [0, 0.1) is 6.92 Å². The molecule has 2 aromatic carbocycles. The summed E-state index contributed by atoms with van der Waals surface area (Å²) >= 11 is 0. The zero-order valence-corrected chi connectivity index (χ0v) is 12.6. The van der Waals surface area contributed by atoms with Crippen LogP contribution < -0.4 is 10.6 Å². The van der Waals surface area contributed by atoms with Crippen LogP contribution in [-0.4, -0.2) is 13.0 Å². The zero-order chi connectivity index (χ0) is 15.1. The van der Waals surface area contributed by atoms with Gasteiger partial charge in [0, 0.05) is 18.7 Å². The maximum absolute atomic E-state index is 12.1. The van der Waals surface area contributed by atoms with Crippen molar-refractivity contribution in [2.45, 2.75) is 26.3 Å². The first kappa shape index (κ1) is 15.3. The molecule has 2 rings (SSSR count). The fraction of sp³-hybridized carbons (Fsp3) is 0.278. The van der Waals surface area contributed by atoms with Crippen molar-refractivity contribution in [2.75, 3.05) is 12.4 Å². The third-order valence-electron chi connectivity index (χ3n) is 3.42. The fourth-order valence-corrected chi connectivity index (χ4v) is 2.21. The summed E-state index contributed by atoms with van der Waals surface area (Å²) < 4.78 is 0. The summed E-state index contributed by atoms with van der Waals surface area (Å²) in [5.41, 5.74) is 4.42. The Labute approximate surface area is 126 Å². The quantitative estimate of drug-likeness (QED) is 0.853. The van der Waals surface area contributed by atoms with Crippen molar-refractivity contribution in [3.05, 3.63) is 65.2 Å². The molecule has 0 unspecified atom stereocenters.